The van der Waals surface area contributed by atoms with Crippen molar-refractivity contribution >= 4 is 41.1 Å². The van der Waals surface area contributed by atoms with Crippen molar-refractivity contribution in [1.29, 1.82) is 0 Å². The van der Waals surface area contributed by atoms with Gasteiger partial charge in [-0.05, 0) is 54.3 Å². The number of nitrogens with zero attached hydrogens (tertiary/aromatic N) is 2. The van der Waals surface area contributed by atoms with E-state index in [2.05, 4.69) is 5.32 Å². The van der Waals surface area contributed by atoms with Crippen molar-refractivity contribution in [1.82, 2.24) is 15.1 Å². The van der Waals surface area contributed by atoms with Crippen LogP contribution in [0.5, 0.6) is 23.0 Å². The van der Waals surface area contributed by atoms with Crippen molar-refractivity contribution in [2.45, 2.75) is 45.2 Å². The molecular weight excluding hydrogens is 668 g/mol. The van der Waals surface area contributed by atoms with E-state index in [1.54, 1.807) is 36.4 Å². The highest BCUT2D eigenvalue weighted by Crippen LogP contribution is 2.36. The van der Waals surface area contributed by atoms with Gasteiger partial charge >= 0.3 is 12.0 Å². The van der Waals surface area contributed by atoms with Gasteiger partial charge in [0.25, 0.3) is 0 Å². The molecule has 14 heteroatoms. The number of hydrogen-bond donors (Lipinski definition) is 3. The van der Waals surface area contributed by atoms with Crippen LogP contribution in [0.1, 0.15) is 59.3 Å². The molecule has 4 amide bonds. The number of methoxy groups -OCH3 is 4. The van der Waals surface area contributed by atoms with Gasteiger partial charge in [-0.15, -0.1) is 0 Å². The van der Waals surface area contributed by atoms with Crippen molar-refractivity contribution in [2.24, 2.45) is 5.92 Å². The molecule has 0 aromatic heterocycles. The molecule has 3 aromatic rings. The van der Waals surface area contributed by atoms with E-state index in [-0.39, 0.29) is 30.8 Å². The second-order valence-electron chi connectivity index (χ2n) is 11.9. The Hall–Kier alpha value is -5.17. The van der Waals surface area contributed by atoms with Crippen LogP contribution in [0.25, 0.3) is 0 Å². The number of carbonyl (C=O) groups is 4. The summed E-state index contributed by atoms with van der Waals surface area (Å²) < 4.78 is 22.2. The fourth-order valence-electron chi connectivity index (χ4n) is 6.00. The highest BCUT2D eigenvalue weighted by Gasteiger charge is 2.39. The molecule has 0 unspecified atom stereocenters. The lowest BCUT2D eigenvalue weighted by atomic mass is 9.96. The smallest absolute Gasteiger partial charge is 0.337 e. The van der Waals surface area contributed by atoms with Crippen LogP contribution < -0.4 is 30.0 Å². The average Bonchev–Trinajstić information content (AvgIpc) is 3.21. The molecular formula is C36H43ClN4O9. The van der Waals surface area contributed by atoms with Crippen molar-refractivity contribution in [2.75, 3.05) is 47.3 Å². The van der Waals surface area contributed by atoms with Gasteiger partial charge in [-0.3, -0.25) is 14.5 Å². The Morgan fingerprint density at radius 1 is 0.980 bits per heavy atom. The number of anilines is 1. The van der Waals surface area contributed by atoms with Gasteiger partial charge in [0.05, 0.1) is 58.1 Å². The van der Waals surface area contributed by atoms with Gasteiger partial charge in [0.2, 0.25) is 11.8 Å². The van der Waals surface area contributed by atoms with Crippen LogP contribution in [0, 0.1) is 5.92 Å². The fraction of sp³-hybridized carbons (Fsp3) is 0.389. The molecule has 1 aliphatic heterocycles. The van der Waals surface area contributed by atoms with Gasteiger partial charge in [-0.1, -0.05) is 37.4 Å². The van der Waals surface area contributed by atoms with E-state index in [4.69, 9.17) is 36.3 Å². The van der Waals surface area contributed by atoms with E-state index in [1.165, 1.54) is 45.5 Å². The summed E-state index contributed by atoms with van der Waals surface area (Å²) in [7, 11) is 6.00. The molecule has 0 spiro atoms. The van der Waals surface area contributed by atoms with Gasteiger partial charge in [0, 0.05) is 29.4 Å². The van der Waals surface area contributed by atoms with Crippen LogP contribution in [0.15, 0.2) is 48.5 Å². The van der Waals surface area contributed by atoms with Gasteiger partial charge in [0.15, 0.2) is 0 Å². The fourth-order valence-corrected chi connectivity index (χ4v) is 6.20. The van der Waals surface area contributed by atoms with Crippen LogP contribution in [0.2, 0.25) is 5.02 Å². The average molecular weight is 711 g/mol. The summed E-state index contributed by atoms with van der Waals surface area (Å²) in [4.78, 5) is 56.3. The molecule has 50 heavy (non-hydrogen) atoms. The first kappa shape index (κ1) is 37.6. The first-order valence-electron chi connectivity index (χ1n) is 16.1. The molecule has 0 radical (unpaired) electrons. The number of urea groups is 1. The minimum atomic E-state index is -1.17. The summed E-state index contributed by atoms with van der Waals surface area (Å²) in [5.41, 5.74) is 7.76. The number of carbonyl (C=O) groups excluding carboxylic acids is 3. The minimum absolute atomic E-state index is 0.00935. The molecule has 3 aromatic carbocycles. The number of benzene rings is 3. The maximum absolute atomic E-state index is 14.3. The molecule has 1 heterocycles. The summed E-state index contributed by atoms with van der Waals surface area (Å²) in [6, 6.07) is 11.5. The first-order valence-corrected chi connectivity index (χ1v) is 16.5. The van der Waals surface area contributed by atoms with E-state index >= 15 is 0 Å². The van der Waals surface area contributed by atoms with Crippen molar-refractivity contribution in [3.8, 4) is 23.0 Å². The molecule has 4 rings (SSSR count). The van der Waals surface area contributed by atoms with Crippen LogP contribution >= 0.6 is 11.6 Å². The summed E-state index contributed by atoms with van der Waals surface area (Å²) >= 11 is 6.33. The zero-order valence-electron chi connectivity index (χ0n) is 28.8. The number of hydrogen-bond acceptors (Lipinski definition) is 9. The SMILES string of the molecule is CCCC[C@@H](NC(=O)N1CC(=O)N(Cc2c(OC)cc(OC)cc2OC)C[C@H](Cc2cc(Cl)ccc2OC)C1=O)c1ccc(C(=O)O)c(N)c1. The molecule has 2 atom stereocenters. The Labute approximate surface area is 296 Å². The third-order valence-corrected chi connectivity index (χ3v) is 8.91. The monoisotopic (exact) mass is 710 g/mol. The maximum atomic E-state index is 14.3. The van der Waals surface area contributed by atoms with Crippen LogP contribution in [0.4, 0.5) is 10.5 Å². The topological polar surface area (TPSA) is 170 Å². The molecule has 0 bridgehead atoms. The number of ether oxygens (including phenoxy) is 4. The third kappa shape index (κ3) is 8.70. The number of amides is 4. The number of carboxylic acid groups (broad SMARTS) is 1. The second kappa shape index (κ2) is 17.0. The maximum Gasteiger partial charge on any atom is 0.337 e. The first-order chi connectivity index (χ1) is 23.9. The highest BCUT2D eigenvalue weighted by atomic mass is 35.5. The number of rotatable bonds is 14. The molecule has 13 nitrogen and oxygen atoms in total. The van der Waals surface area contributed by atoms with Crippen molar-refractivity contribution in [3.05, 3.63) is 75.8 Å². The van der Waals surface area contributed by atoms with E-state index in [9.17, 15) is 24.3 Å². The van der Waals surface area contributed by atoms with Crippen molar-refractivity contribution < 1.29 is 43.2 Å². The predicted octanol–water partition coefficient (Wildman–Crippen LogP) is 5.33. The quantitative estimate of drug-likeness (QED) is 0.186. The Morgan fingerprint density at radius 3 is 2.24 bits per heavy atom. The normalized spacial score (nSPS) is 15.3. The Balaban J connectivity index is 1.72. The van der Waals surface area contributed by atoms with E-state index in [0.29, 0.717) is 51.1 Å². The summed E-state index contributed by atoms with van der Waals surface area (Å²) in [5, 5.41) is 12.8. The standard InChI is InChI=1S/C36H43ClN4O9/c1-6-7-8-29(21-9-11-26(35(44)45)28(38)15-21)39-36(46)41-20-33(42)40(19-27-31(49-4)16-25(47-2)17-32(27)50-5)18-23(34(41)43)13-22-14-24(37)10-12-30(22)48-3/h9-12,14-17,23,29H,6-8,13,18-20,38H2,1-5H3,(H,39,46)(H,44,45)/t23-,29+/m0/s1. The molecule has 268 valence electrons. The number of aromatic carboxylic acids is 1. The van der Waals surface area contributed by atoms with Crippen LogP contribution in [-0.4, -0.2) is 80.2 Å². The number of nitrogens with one attached hydrogen (secondary N) is 1. The number of imide groups is 1. The molecule has 0 saturated carbocycles. The largest absolute Gasteiger partial charge is 0.496 e. The number of carboxylic acids is 1. The number of halogens is 1. The lowest BCUT2D eigenvalue weighted by molar-refractivity contribution is -0.135. The molecule has 1 fully saturated rings. The Morgan fingerprint density at radius 2 is 1.66 bits per heavy atom. The van der Waals surface area contributed by atoms with Crippen LogP contribution in [-0.2, 0) is 22.6 Å². The lowest BCUT2D eigenvalue weighted by Crippen LogP contribution is -2.48. The second-order valence-corrected chi connectivity index (χ2v) is 12.3. The Bertz CT molecular complexity index is 1710. The number of unbranched alkanes of at least 4 members (excludes halogenated alkanes) is 1. The molecule has 1 aliphatic rings. The summed E-state index contributed by atoms with van der Waals surface area (Å²) in [5.74, 6) is -1.27. The minimum Gasteiger partial charge on any atom is -0.496 e. The van der Waals surface area contributed by atoms with Gasteiger partial charge in [-0.2, -0.15) is 0 Å². The predicted molar refractivity (Wildman–Crippen MR) is 187 cm³/mol. The van der Waals surface area contributed by atoms with Crippen molar-refractivity contribution in [3.63, 3.8) is 0 Å². The Kier molecular flexibility index (Phi) is 12.8. The van der Waals surface area contributed by atoms with Gasteiger partial charge in [0.1, 0.15) is 29.5 Å². The highest BCUT2D eigenvalue weighted by molar-refractivity contribution is 6.30. The zero-order valence-corrected chi connectivity index (χ0v) is 29.5. The lowest BCUT2D eigenvalue weighted by Gasteiger charge is -2.26. The molecule has 0 aliphatic carbocycles. The summed E-state index contributed by atoms with van der Waals surface area (Å²) in [6.07, 6.45) is 2.12. The van der Waals surface area contributed by atoms with E-state index in [1.807, 2.05) is 6.92 Å². The number of nitrogens with two attached hydrogens (primary N) is 1. The van der Waals surface area contributed by atoms with E-state index in [0.717, 1.165) is 17.7 Å². The van der Waals surface area contributed by atoms with Gasteiger partial charge in [-0.25, -0.2) is 9.59 Å². The molecule has 4 N–H and O–H groups in total. The zero-order chi connectivity index (χ0) is 36.5. The van der Waals surface area contributed by atoms with Gasteiger partial charge < -0.3 is 40.0 Å². The van der Waals surface area contributed by atoms with E-state index < -0.39 is 42.3 Å². The summed E-state index contributed by atoms with van der Waals surface area (Å²) in [6.45, 7) is 1.43. The third-order valence-electron chi connectivity index (χ3n) is 8.67. The number of nitrogen functional groups attached to an aromatic ring is 1. The van der Waals surface area contributed by atoms with Crippen LogP contribution in [0.3, 0.4) is 0 Å². The molecule has 1 saturated heterocycles.